The number of alkyl halides is 1. The molecule has 7 heteroatoms. The third-order valence-electron chi connectivity index (χ3n) is 2.75. The lowest BCUT2D eigenvalue weighted by Crippen LogP contribution is -2.28. The molecule has 0 saturated carbocycles. The summed E-state index contributed by atoms with van der Waals surface area (Å²) in [5.41, 5.74) is -0.817. The first kappa shape index (κ1) is 27.9. The van der Waals surface area contributed by atoms with Crippen LogP contribution in [0, 0.1) is 0 Å². The summed E-state index contributed by atoms with van der Waals surface area (Å²) in [6.07, 6.45) is 6.78. The average Bonchev–Trinajstić information content (AvgIpc) is 2.56. The van der Waals surface area contributed by atoms with Crippen molar-refractivity contribution in [2.24, 2.45) is 0 Å². The van der Waals surface area contributed by atoms with Crippen LogP contribution < -0.4 is 4.72 Å². The molecule has 1 N–H and O–H groups in total. The standard InChI is InChI=1S/C10H19NOS.C8H9FS.CO2.CH4/c1-10(2,3)13-11-8-9-6-4-5-7-12-9;1-7(9)10-8-5-3-2-4-6-8;2-1-3;/h5,7,9,11H,4,6,8H2,1-3H3;2-7H,1H3;;1H4/t;7-;;/m.0../s1. The lowest BCUT2D eigenvalue weighted by molar-refractivity contribution is -0.191. The van der Waals surface area contributed by atoms with Crippen molar-refractivity contribution in [3.8, 4) is 0 Å². The molecule has 0 aliphatic carbocycles. The second-order valence-electron chi connectivity index (χ2n) is 6.33. The van der Waals surface area contributed by atoms with Gasteiger partial charge in [-0.25, -0.2) is 4.39 Å². The Labute approximate surface area is 171 Å². The van der Waals surface area contributed by atoms with Crippen molar-refractivity contribution in [1.29, 1.82) is 0 Å². The van der Waals surface area contributed by atoms with Gasteiger partial charge in [-0.2, -0.15) is 9.59 Å². The Balaban J connectivity index is 0. The third kappa shape index (κ3) is 19.3. The van der Waals surface area contributed by atoms with Gasteiger partial charge < -0.3 is 4.74 Å². The van der Waals surface area contributed by atoms with Crippen molar-refractivity contribution in [1.82, 2.24) is 4.72 Å². The van der Waals surface area contributed by atoms with E-state index in [1.165, 1.54) is 18.7 Å². The highest BCUT2D eigenvalue weighted by Gasteiger charge is 2.14. The number of hydrogen-bond acceptors (Lipinski definition) is 6. The summed E-state index contributed by atoms with van der Waals surface area (Å²) in [5.74, 6) is 0. The lowest BCUT2D eigenvalue weighted by atomic mass is 10.2. The number of allylic oxidation sites excluding steroid dienone is 1. The highest BCUT2D eigenvalue weighted by Crippen LogP contribution is 2.22. The van der Waals surface area contributed by atoms with E-state index >= 15 is 0 Å². The highest BCUT2D eigenvalue weighted by molar-refractivity contribution is 7.99. The smallest absolute Gasteiger partial charge is 0.373 e. The highest BCUT2D eigenvalue weighted by atomic mass is 32.2. The number of ether oxygens (including phenoxy) is 1. The van der Waals surface area contributed by atoms with E-state index in [1.807, 2.05) is 36.6 Å². The minimum Gasteiger partial charge on any atom is -0.497 e. The molecule has 2 atom stereocenters. The maximum atomic E-state index is 12.4. The molecule has 0 amide bonds. The maximum absolute atomic E-state index is 12.4. The zero-order valence-electron chi connectivity index (χ0n) is 15.7. The van der Waals surface area contributed by atoms with Crippen molar-refractivity contribution in [2.75, 3.05) is 6.54 Å². The number of hydrogen-bond donors (Lipinski definition) is 1. The normalized spacial score (nSPS) is 16.1. The van der Waals surface area contributed by atoms with Crippen LogP contribution in [0.2, 0.25) is 0 Å². The molecular weight excluding hydrogens is 385 g/mol. The summed E-state index contributed by atoms with van der Waals surface area (Å²) in [4.78, 5) is 17.2. The summed E-state index contributed by atoms with van der Waals surface area (Å²) < 4.78 is 21.4. The monoisotopic (exact) mass is 417 g/mol. The van der Waals surface area contributed by atoms with Crippen LogP contribution in [0.3, 0.4) is 0 Å². The molecule has 0 bridgehead atoms. The molecule has 2 rings (SSSR count). The van der Waals surface area contributed by atoms with Crippen LogP contribution in [-0.4, -0.2) is 29.1 Å². The number of nitrogens with one attached hydrogen (secondary N) is 1. The van der Waals surface area contributed by atoms with Crippen LogP contribution in [0.15, 0.2) is 47.6 Å². The van der Waals surface area contributed by atoms with E-state index in [4.69, 9.17) is 14.3 Å². The van der Waals surface area contributed by atoms with Gasteiger partial charge in [0.1, 0.15) is 11.6 Å². The predicted molar refractivity (Wildman–Crippen MR) is 113 cm³/mol. The fourth-order valence-corrected chi connectivity index (χ4v) is 3.16. The molecule has 1 aliphatic rings. The summed E-state index contributed by atoms with van der Waals surface area (Å²) in [6.45, 7) is 9.08. The van der Waals surface area contributed by atoms with E-state index in [0.717, 1.165) is 24.3 Å². The fraction of sp³-hybridized carbons (Fsp3) is 0.550. The van der Waals surface area contributed by atoms with Gasteiger partial charge in [0.2, 0.25) is 0 Å². The molecule has 154 valence electrons. The van der Waals surface area contributed by atoms with Crippen LogP contribution in [0.25, 0.3) is 0 Å². The quantitative estimate of drug-likeness (QED) is 0.478. The topological polar surface area (TPSA) is 55.4 Å². The Morgan fingerprint density at radius 1 is 1.30 bits per heavy atom. The molecule has 1 unspecified atom stereocenters. The summed E-state index contributed by atoms with van der Waals surface area (Å²) in [6, 6.07) is 9.55. The number of carbonyl (C=O) groups excluding carboxylic acids is 2. The largest absolute Gasteiger partial charge is 0.497 e. The summed E-state index contributed by atoms with van der Waals surface area (Å²) in [5, 5.41) is 0. The Morgan fingerprint density at radius 3 is 2.33 bits per heavy atom. The van der Waals surface area contributed by atoms with E-state index in [9.17, 15) is 4.39 Å². The zero-order valence-corrected chi connectivity index (χ0v) is 17.4. The molecule has 0 fully saturated rings. The van der Waals surface area contributed by atoms with Crippen molar-refractivity contribution in [3.05, 3.63) is 42.7 Å². The van der Waals surface area contributed by atoms with Gasteiger partial charge in [0.25, 0.3) is 0 Å². The molecule has 0 spiro atoms. The Morgan fingerprint density at radius 2 is 1.89 bits per heavy atom. The molecule has 27 heavy (non-hydrogen) atoms. The lowest BCUT2D eigenvalue weighted by Gasteiger charge is -2.22. The van der Waals surface area contributed by atoms with Crippen LogP contribution in [0.5, 0.6) is 0 Å². The van der Waals surface area contributed by atoms with Crippen molar-refractivity contribution >= 4 is 29.9 Å². The van der Waals surface area contributed by atoms with E-state index in [0.29, 0.717) is 6.10 Å². The van der Waals surface area contributed by atoms with Gasteiger partial charge in [0, 0.05) is 16.2 Å². The SMILES string of the molecule is C.CC(C)(C)SNCC1CCC=CO1.C[C@@H](F)Sc1ccccc1.O=C=O. The first-order valence-corrected chi connectivity index (χ1v) is 10.0. The number of rotatable bonds is 5. The summed E-state index contributed by atoms with van der Waals surface area (Å²) >= 11 is 3.00. The van der Waals surface area contributed by atoms with Gasteiger partial charge in [-0.15, -0.1) is 0 Å². The Kier molecular flexibility index (Phi) is 17.5. The van der Waals surface area contributed by atoms with Gasteiger partial charge >= 0.3 is 6.15 Å². The van der Waals surface area contributed by atoms with Crippen LogP contribution in [0.1, 0.15) is 48.0 Å². The molecule has 1 heterocycles. The van der Waals surface area contributed by atoms with Gasteiger partial charge in [-0.3, -0.25) is 4.72 Å². The van der Waals surface area contributed by atoms with Crippen molar-refractivity contribution < 1.29 is 18.7 Å². The molecule has 0 saturated heterocycles. The van der Waals surface area contributed by atoms with Gasteiger partial charge in [0.15, 0.2) is 0 Å². The molecule has 0 radical (unpaired) electrons. The molecule has 1 aliphatic heterocycles. The number of halogens is 1. The van der Waals surface area contributed by atoms with E-state index < -0.39 is 5.50 Å². The van der Waals surface area contributed by atoms with E-state index in [2.05, 4.69) is 31.6 Å². The predicted octanol–water partition coefficient (Wildman–Crippen LogP) is 5.86. The Hall–Kier alpha value is -1.27. The van der Waals surface area contributed by atoms with E-state index in [-0.39, 0.29) is 18.3 Å². The Bertz CT molecular complexity index is 528. The first-order valence-electron chi connectivity index (χ1n) is 8.35. The number of thioether (sulfide) groups is 1. The van der Waals surface area contributed by atoms with E-state index in [1.54, 1.807) is 11.9 Å². The van der Waals surface area contributed by atoms with Gasteiger partial charge in [-0.1, -0.05) is 49.3 Å². The number of benzene rings is 1. The van der Waals surface area contributed by atoms with Crippen LogP contribution in [0.4, 0.5) is 4.39 Å². The van der Waals surface area contributed by atoms with Gasteiger partial charge in [0.05, 0.1) is 6.26 Å². The third-order valence-corrected chi connectivity index (χ3v) is 4.55. The maximum Gasteiger partial charge on any atom is 0.373 e. The first-order chi connectivity index (χ1) is 12.3. The summed E-state index contributed by atoms with van der Waals surface area (Å²) in [7, 11) is 0. The molecule has 0 aromatic heterocycles. The fourth-order valence-electron chi connectivity index (χ4n) is 1.77. The molecule has 1 aromatic carbocycles. The van der Waals surface area contributed by atoms with Crippen molar-refractivity contribution in [2.45, 2.75) is 69.2 Å². The zero-order chi connectivity index (χ0) is 19.8. The molecule has 1 aromatic rings. The van der Waals surface area contributed by atoms with Crippen LogP contribution >= 0.6 is 23.7 Å². The average molecular weight is 418 g/mol. The van der Waals surface area contributed by atoms with Crippen molar-refractivity contribution in [3.63, 3.8) is 0 Å². The molecular formula is C20H32FNO3S2. The second-order valence-corrected chi connectivity index (χ2v) is 9.40. The van der Waals surface area contributed by atoms with Gasteiger partial charge in [-0.05, 0) is 58.7 Å². The minimum atomic E-state index is -0.817. The molecule has 4 nitrogen and oxygen atoms in total. The minimum absolute atomic E-state index is 0. The second kappa shape index (κ2) is 16.9. The van der Waals surface area contributed by atoms with Crippen LogP contribution in [-0.2, 0) is 14.3 Å².